The van der Waals surface area contributed by atoms with Gasteiger partial charge >= 0.3 is 6.01 Å². The average Bonchev–Trinajstić information content (AvgIpc) is 3.55. The molecule has 1 aromatic heterocycles. The molecule has 9 heteroatoms. The van der Waals surface area contributed by atoms with Crippen molar-refractivity contribution >= 4 is 27.5 Å². The largest absolute Gasteiger partial charge is 0.508 e. The molecule has 6 heterocycles. The lowest BCUT2D eigenvalue weighted by atomic mass is 9.91. The SMILES string of the molecule is CCc1cccc2cc(O)cc(-c3ccc4c(N5C[C@@H]6CCC5CN6)nc(OC[C@@]56CCCN5C[C@H](F)C6)nc4c3F)c12. The number of piperazine rings is 1. The molecule has 0 saturated carbocycles. The highest BCUT2D eigenvalue weighted by Crippen LogP contribution is 2.42. The first-order valence-electron chi connectivity index (χ1n) is 15.7. The molecule has 5 aliphatic heterocycles. The van der Waals surface area contributed by atoms with E-state index < -0.39 is 12.0 Å². The summed E-state index contributed by atoms with van der Waals surface area (Å²) in [5, 5.41) is 16.6. The molecule has 0 spiro atoms. The van der Waals surface area contributed by atoms with Crippen LogP contribution in [0.3, 0.4) is 0 Å². The van der Waals surface area contributed by atoms with E-state index >= 15 is 4.39 Å². The molecule has 9 rings (SSSR count). The molecule has 0 amide bonds. The maximum atomic E-state index is 16.9. The number of phenols is 1. The van der Waals surface area contributed by atoms with E-state index in [1.54, 1.807) is 18.2 Å². The van der Waals surface area contributed by atoms with Crippen LogP contribution in [0.2, 0.25) is 0 Å². The first-order valence-corrected chi connectivity index (χ1v) is 15.7. The molecule has 2 N–H and O–H groups in total. The summed E-state index contributed by atoms with van der Waals surface area (Å²) in [6, 6.07) is 13.8. The van der Waals surface area contributed by atoms with Gasteiger partial charge in [-0.15, -0.1) is 0 Å². The zero-order chi connectivity index (χ0) is 29.3. The van der Waals surface area contributed by atoms with Gasteiger partial charge in [0.1, 0.15) is 29.9 Å². The molecular formula is C34H37F2N5O2. The number of hydrogen-bond acceptors (Lipinski definition) is 7. The van der Waals surface area contributed by atoms with Crippen LogP contribution in [0.1, 0.15) is 44.6 Å². The highest BCUT2D eigenvalue weighted by molar-refractivity contribution is 6.03. The van der Waals surface area contributed by atoms with Gasteiger partial charge in [0, 0.05) is 49.1 Å². The number of alkyl halides is 1. The number of hydrogen-bond donors (Lipinski definition) is 2. The highest BCUT2D eigenvalue weighted by Gasteiger charge is 2.49. The van der Waals surface area contributed by atoms with Crippen molar-refractivity contribution in [1.29, 1.82) is 0 Å². The number of benzene rings is 3. The highest BCUT2D eigenvalue weighted by atomic mass is 19.1. The van der Waals surface area contributed by atoms with Crippen molar-refractivity contribution < 1.29 is 18.6 Å². The summed E-state index contributed by atoms with van der Waals surface area (Å²) in [7, 11) is 0. The van der Waals surface area contributed by atoms with Crippen LogP contribution in [0.25, 0.3) is 32.8 Å². The number of anilines is 1. The van der Waals surface area contributed by atoms with E-state index in [0.717, 1.165) is 68.1 Å². The van der Waals surface area contributed by atoms with Gasteiger partial charge in [0.15, 0.2) is 5.82 Å². The van der Waals surface area contributed by atoms with Gasteiger partial charge in [0.05, 0.1) is 5.54 Å². The summed E-state index contributed by atoms with van der Waals surface area (Å²) in [6.07, 6.45) is 4.40. The van der Waals surface area contributed by atoms with Crippen LogP contribution in [0, 0.1) is 5.82 Å². The van der Waals surface area contributed by atoms with E-state index in [9.17, 15) is 9.50 Å². The molecule has 4 aromatic rings. The summed E-state index contributed by atoms with van der Waals surface area (Å²) in [4.78, 5) is 14.1. The number of phenolic OH excluding ortho intramolecular Hbond substituents is 1. The molecule has 7 nitrogen and oxygen atoms in total. The van der Waals surface area contributed by atoms with Crippen LogP contribution in [-0.2, 0) is 6.42 Å². The normalized spacial score (nSPS) is 27.0. The number of ether oxygens (including phenoxy) is 1. The Morgan fingerprint density at radius 2 is 2.02 bits per heavy atom. The molecule has 0 radical (unpaired) electrons. The average molecular weight is 586 g/mol. The first-order chi connectivity index (χ1) is 20.9. The fourth-order valence-corrected chi connectivity index (χ4v) is 8.23. The van der Waals surface area contributed by atoms with E-state index in [-0.39, 0.29) is 35.5 Å². The molecule has 224 valence electrons. The summed E-state index contributed by atoms with van der Waals surface area (Å²) in [5.74, 6) is 0.310. The molecular weight excluding hydrogens is 548 g/mol. The van der Waals surface area contributed by atoms with Crippen LogP contribution in [0.4, 0.5) is 14.6 Å². The van der Waals surface area contributed by atoms with Crippen molar-refractivity contribution in [3.8, 4) is 22.9 Å². The fourth-order valence-electron chi connectivity index (χ4n) is 8.23. The number of rotatable bonds is 6. The Hall–Kier alpha value is -3.56. The quantitative estimate of drug-likeness (QED) is 0.298. The van der Waals surface area contributed by atoms with Crippen LogP contribution < -0.4 is 15.0 Å². The van der Waals surface area contributed by atoms with Crippen LogP contribution >= 0.6 is 0 Å². The predicted molar refractivity (Wildman–Crippen MR) is 164 cm³/mol. The van der Waals surface area contributed by atoms with Crippen molar-refractivity contribution in [3.05, 3.63) is 53.8 Å². The number of aromatic nitrogens is 2. The van der Waals surface area contributed by atoms with E-state index in [1.807, 2.05) is 24.3 Å². The molecule has 43 heavy (non-hydrogen) atoms. The number of aryl methyl sites for hydroxylation is 1. The molecule has 3 aromatic carbocycles. The van der Waals surface area contributed by atoms with Crippen molar-refractivity contribution in [2.75, 3.05) is 37.7 Å². The van der Waals surface area contributed by atoms with E-state index in [4.69, 9.17) is 9.72 Å². The number of nitrogens with zero attached hydrogens (tertiary/aromatic N) is 4. The second-order valence-electron chi connectivity index (χ2n) is 12.9. The molecule has 5 aliphatic rings. The molecule has 5 saturated heterocycles. The Labute approximate surface area is 249 Å². The van der Waals surface area contributed by atoms with Crippen molar-refractivity contribution in [3.63, 3.8) is 0 Å². The third kappa shape index (κ3) is 4.42. The lowest BCUT2D eigenvalue weighted by Gasteiger charge is -2.46. The lowest BCUT2D eigenvalue weighted by Crippen LogP contribution is -2.61. The van der Waals surface area contributed by atoms with Crippen molar-refractivity contribution in [1.82, 2.24) is 20.2 Å². The van der Waals surface area contributed by atoms with E-state index in [2.05, 4.69) is 27.0 Å². The van der Waals surface area contributed by atoms with Gasteiger partial charge in [-0.1, -0.05) is 31.2 Å². The Morgan fingerprint density at radius 3 is 2.81 bits per heavy atom. The second kappa shape index (κ2) is 10.3. The summed E-state index contributed by atoms with van der Waals surface area (Å²) < 4.78 is 37.6. The predicted octanol–water partition coefficient (Wildman–Crippen LogP) is 5.75. The Kier molecular flexibility index (Phi) is 6.45. The zero-order valence-electron chi connectivity index (χ0n) is 24.5. The van der Waals surface area contributed by atoms with Gasteiger partial charge in [-0.3, -0.25) is 4.90 Å². The molecule has 0 aliphatic carbocycles. The molecule has 5 fully saturated rings. The van der Waals surface area contributed by atoms with Crippen LogP contribution in [0.5, 0.6) is 11.8 Å². The molecule has 2 bridgehead atoms. The Morgan fingerprint density at radius 1 is 1.12 bits per heavy atom. The zero-order valence-corrected chi connectivity index (χ0v) is 24.5. The van der Waals surface area contributed by atoms with Gasteiger partial charge in [-0.05, 0) is 78.7 Å². The van der Waals surface area contributed by atoms with Crippen LogP contribution in [-0.4, -0.2) is 76.6 Å². The van der Waals surface area contributed by atoms with Crippen molar-refractivity contribution in [2.45, 2.75) is 69.2 Å². The Balaban J connectivity index is 1.27. The molecule has 1 unspecified atom stereocenters. The minimum Gasteiger partial charge on any atom is -0.508 e. The molecule has 4 atom stereocenters. The standard InChI is InChI=1S/C34H37F2N5O2/c1-2-20-5-3-6-21-13-25(42)14-28(29(20)21)26-9-10-27-31(30(26)36)38-33(39-32(27)41-18-23-7-8-24(41)16-37-23)43-19-34-11-4-12-40(34)17-22(35)15-34/h3,5-6,9-10,13-14,22-24,37,42H,2,4,7-8,11-12,15-19H2,1H3/t22-,23+,24?,34+/m1/s1. The van der Waals surface area contributed by atoms with Gasteiger partial charge in [-0.2, -0.15) is 9.97 Å². The summed E-state index contributed by atoms with van der Waals surface area (Å²) in [5.41, 5.74) is 1.94. The van der Waals surface area contributed by atoms with Gasteiger partial charge < -0.3 is 20.1 Å². The fraction of sp³-hybridized carbons (Fsp3) is 0.471. The van der Waals surface area contributed by atoms with Gasteiger partial charge in [-0.25, -0.2) is 8.78 Å². The third-order valence-electron chi connectivity index (χ3n) is 10.3. The smallest absolute Gasteiger partial charge is 0.319 e. The van der Waals surface area contributed by atoms with E-state index in [1.165, 1.54) is 0 Å². The number of aromatic hydroxyl groups is 1. The van der Waals surface area contributed by atoms with Crippen molar-refractivity contribution in [2.24, 2.45) is 0 Å². The lowest BCUT2D eigenvalue weighted by molar-refractivity contribution is 0.107. The first kappa shape index (κ1) is 27.0. The minimum atomic E-state index is -0.862. The third-order valence-corrected chi connectivity index (χ3v) is 10.3. The summed E-state index contributed by atoms with van der Waals surface area (Å²) in [6.45, 7) is 5.31. The maximum absolute atomic E-state index is 16.9. The maximum Gasteiger partial charge on any atom is 0.319 e. The minimum absolute atomic E-state index is 0.0857. The number of halogens is 2. The Bertz CT molecular complexity index is 1720. The van der Waals surface area contributed by atoms with Gasteiger partial charge in [0.2, 0.25) is 0 Å². The number of nitrogens with one attached hydrogen (secondary N) is 1. The number of fused-ring (bicyclic) bond motifs is 6. The number of piperidine rings is 2. The van der Waals surface area contributed by atoms with Gasteiger partial charge in [0.25, 0.3) is 0 Å². The van der Waals surface area contributed by atoms with Crippen LogP contribution in [0.15, 0.2) is 42.5 Å². The van der Waals surface area contributed by atoms with E-state index in [0.29, 0.717) is 41.3 Å². The second-order valence-corrected chi connectivity index (χ2v) is 12.9. The monoisotopic (exact) mass is 585 g/mol. The summed E-state index contributed by atoms with van der Waals surface area (Å²) >= 11 is 0. The topological polar surface area (TPSA) is 73.8 Å².